The van der Waals surface area contributed by atoms with Gasteiger partial charge in [-0.05, 0) is 19.1 Å². The van der Waals surface area contributed by atoms with E-state index in [1.54, 1.807) is 18.1 Å². The molecule has 1 aromatic rings. The van der Waals surface area contributed by atoms with Crippen LogP contribution in [-0.2, 0) is 11.2 Å². The van der Waals surface area contributed by atoms with Crippen molar-refractivity contribution in [1.29, 1.82) is 0 Å². The fourth-order valence-corrected chi connectivity index (χ4v) is 2.33. The Morgan fingerprint density at radius 3 is 2.67 bits per heavy atom. The quantitative estimate of drug-likeness (QED) is 0.832. The first-order valence-electron chi connectivity index (χ1n) is 7.10. The van der Waals surface area contributed by atoms with Crippen molar-refractivity contribution in [2.45, 2.75) is 19.4 Å². The van der Waals surface area contributed by atoms with Crippen LogP contribution in [0.4, 0.5) is 4.79 Å². The summed E-state index contributed by atoms with van der Waals surface area (Å²) >= 11 is 0. The molecule has 1 aliphatic heterocycles. The van der Waals surface area contributed by atoms with Gasteiger partial charge in [0.1, 0.15) is 11.8 Å². The lowest BCUT2D eigenvalue weighted by Gasteiger charge is -2.36. The van der Waals surface area contributed by atoms with Gasteiger partial charge in [0.25, 0.3) is 0 Å². The molecule has 2 N–H and O–H groups in total. The Bertz CT molecular complexity index is 467. The van der Waals surface area contributed by atoms with Crippen LogP contribution in [0.25, 0.3) is 0 Å². The molecule has 1 aliphatic rings. The Morgan fingerprint density at radius 2 is 2.10 bits per heavy atom. The predicted octanol–water partition coefficient (Wildman–Crippen LogP) is 0.622. The first kappa shape index (κ1) is 15.4. The number of carboxylic acids is 1. The number of aliphatic carboxylic acids is 1. The van der Waals surface area contributed by atoms with Crippen LogP contribution in [0.3, 0.4) is 0 Å². The molecular formula is C14H21N3O4. The summed E-state index contributed by atoms with van der Waals surface area (Å²) < 4.78 is 5.20. The number of hydrogen-bond donors (Lipinski definition) is 2. The summed E-state index contributed by atoms with van der Waals surface area (Å²) in [5, 5.41) is 11.8. The highest BCUT2D eigenvalue weighted by atomic mass is 16.4. The molecule has 1 unspecified atom stereocenters. The van der Waals surface area contributed by atoms with E-state index in [4.69, 9.17) is 9.52 Å². The number of nitrogens with one attached hydrogen (secondary N) is 1. The fraction of sp³-hybridized carbons (Fsp3) is 0.571. The lowest BCUT2D eigenvalue weighted by atomic mass is 10.2. The Labute approximate surface area is 123 Å². The zero-order valence-electron chi connectivity index (χ0n) is 12.1. The summed E-state index contributed by atoms with van der Waals surface area (Å²) in [6, 6.07) is 3.08. The number of rotatable bonds is 5. The molecule has 116 valence electrons. The maximum absolute atomic E-state index is 12.0. The van der Waals surface area contributed by atoms with E-state index in [2.05, 4.69) is 5.32 Å². The average Bonchev–Trinajstić information content (AvgIpc) is 2.99. The molecule has 0 aliphatic carbocycles. The van der Waals surface area contributed by atoms with Gasteiger partial charge >= 0.3 is 12.0 Å². The predicted molar refractivity (Wildman–Crippen MR) is 76.1 cm³/mol. The first-order valence-corrected chi connectivity index (χ1v) is 7.10. The van der Waals surface area contributed by atoms with Crippen LogP contribution in [-0.4, -0.2) is 65.7 Å². The molecule has 7 heteroatoms. The standard InChI is InChI=1S/C14H21N3O4/c1-11(13(18)19)16-6-8-17(9-7-16)14(20)15-5-4-12-3-2-10-21-12/h2-3,10-11H,4-9H2,1H3,(H,15,20)(H,18,19). The number of nitrogens with zero attached hydrogens (tertiary/aromatic N) is 2. The third-order valence-corrected chi connectivity index (χ3v) is 3.73. The third kappa shape index (κ3) is 4.22. The highest BCUT2D eigenvalue weighted by Gasteiger charge is 2.26. The normalized spacial score (nSPS) is 17.5. The second-order valence-electron chi connectivity index (χ2n) is 5.10. The smallest absolute Gasteiger partial charge is 0.320 e. The van der Waals surface area contributed by atoms with E-state index < -0.39 is 12.0 Å². The van der Waals surface area contributed by atoms with Crippen molar-refractivity contribution < 1.29 is 19.1 Å². The molecule has 0 saturated carbocycles. The summed E-state index contributed by atoms with van der Waals surface area (Å²) in [6.45, 7) is 4.45. The minimum absolute atomic E-state index is 0.107. The highest BCUT2D eigenvalue weighted by molar-refractivity contribution is 5.75. The van der Waals surface area contributed by atoms with E-state index >= 15 is 0 Å². The second kappa shape index (κ2) is 7.12. The van der Waals surface area contributed by atoms with Crippen LogP contribution < -0.4 is 5.32 Å². The number of carbonyl (C=O) groups excluding carboxylic acids is 1. The van der Waals surface area contributed by atoms with Gasteiger partial charge in [-0.2, -0.15) is 0 Å². The Hall–Kier alpha value is -2.02. The second-order valence-corrected chi connectivity index (χ2v) is 5.10. The molecule has 0 spiro atoms. The van der Waals surface area contributed by atoms with E-state index in [1.807, 2.05) is 17.0 Å². The number of carboxylic acid groups (broad SMARTS) is 1. The van der Waals surface area contributed by atoms with Gasteiger partial charge in [0.15, 0.2) is 0 Å². The van der Waals surface area contributed by atoms with Crippen molar-refractivity contribution in [3.63, 3.8) is 0 Å². The molecule has 7 nitrogen and oxygen atoms in total. The van der Waals surface area contributed by atoms with Crippen molar-refractivity contribution in [3.8, 4) is 0 Å². The van der Waals surface area contributed by atoms with Gasteiger partial charge in [-0.15, -0.1) is 0 Å². The highest BCUT2D eigenvalue weighted by Crippen LogP contribution is 2.07. The van der Waals surface area contributed by atoms with Crippen LogP contribution in [0, 0.1) is 0 Å². The van der Waals surface area contributed by atoms with Gasteiger partial charge in [0, 0.05) is 39.1 Å². The maximum atomic E-state index is 12.0. The zero-order valence-corrected chi connectivity index (χ0v) is 12.1. The zero-order chi connectivity index (χ0) is 15.2. The van der Waals surface area contributed by atoms with Crippen LogP contribution in [0.5, 0.6) is 0 Å². The van der Waals surface area contributed by atoms with Crippen LogP contribution in [0.15, 0.2) is 22.8 Å². The maximum Gasteiger partial charge on any atom is 0.320 e. The van der Waals surface area contributed by atoms with Crippen molar-refractivity contribution in [1.82, 2.24) is 15.1 Å². The van der Waals surface area contributed by atoms with Gasteiger partial charge in [0.05, 0.1) is 6.26 Å². The van der Waals surface area contributed by atoms with E-state index in [1.165, 1.54) is 0 Å². The topological polar surface area (TPSA) is 86.0 Å². The molecule has 1 atom stereocenters. The van der Waals surface area contributed by atoms with E-state index in [0.29, 0.717) is 39.1 Å². The molecule has 1 saturated heterocycles. The van der Waals surface area contributed by atoms with Gasteiger partial charge in [-0.25, -0.2) is 4.79 Å². The number of carbonyl (C=O) groups is 2. The molecule has 2 heterocycles. The van der Waals surface area contributed by atoms with Crippen LogP contribution >= 0.6 is 0 Å². The Balaban J connectivity index is 1.69. The summed E-state index contributed by atoms with van der Waals surface area (Å²) in [7, 11) is 0. The van der Waals surface area contributed by atoms with E-state index in [-0.39, 0.29) is 6.03 Å². The number of urea groups is 1. The van der Waals surface area contributed by atoms with Crippen molar-refractivity contribution in [2.75, 3.05) is 32.7 Å². The molecule has 21 heavy (non-hydrogen) atoms. The summed E-state index contributed by atoms with van der Waals surface area (Å²) in [5.41, 5.74) is 0. The van der Waals surface area contributed by atoms with Gasteiger partial charge < -0.3 is 19.7 Å². The number of furan rings is 1. The molecule has 1 aromatic heterocycles. The van der Waals surface area contributed by atoms with Crippen LogP contribution in [0.1, 0.15) is 12.7 Å². The number of hydrogen-bond acceptors (Lipinski definition) is 4. The third-order valence-electron chi connectivity index (χ3n) is 3.73. The SMILES string of the molecule is CC(C(=O)O)N1CCN(C(=O)NCCc2ccco2)CC1. The Kier molecular flexibility index (Phi) is 5.21. The minimum atomic E-state index is -0.827. The molecule has 2 rings (SSSR count). The van der Waals surface area contributed by atoms with Crippen molar-refractivity contribution in [3.05, 3.63) is 24.2 Å². The Morgan fingerprint density at radius 1 is 1.38 bits per heavy atom. The first-order chi connectivity index (χ1) is 10.1. The molecule has 0 aromatic carbocycles. The van der Waals surface area contributed by atoms with Crippen molar-refractivity contribution in [2.24, 2.45) is 0 Å². The summed E-state index contributed by atoms with van der Waals surface area (Å²) in [4.78, 5) is 26.5. The molecule has 2 amide bonds. The monoisotopic (exact) mass is 295 g/mol. The molecular weight excluding hydrogens is 274 g/mol. The molecule has 1 fully saturated rings. The lowest BCUT2D eigenvalue weighted by Crippen LogP contribution is -2.55. The largest absolute Gasteiger partial charge is 0.480 e. The van der Waals surface area contributed by atoms with E-state index in [9.17, 15) is 9.59 Å². The minimum Gasteiger partial charge on any atom is -0.480 e. The fourth-order valence-electron chi connectivity index (χ4n) is 2.33. The number of piperazine rings is 1. The number of amides is 2. The van der Waals surface area contributed by atoms with Crippen LogP contribution in [0.2, 0.25) is 0 Å². The van der Waals surface area contributed by atoms with E-state index in [0.717, 1.165) is 5.76 Å². The van der Waals surface area contributed by atoms with Gasteiger partial charge in [-0.1, -0.05) is 0 Å². The van der Waals surface area contributed by atoms with Gasteiger partial charge in [0.2, 0.25) is 0 Å². The average molecular weight is 295 g/mol. The van der Waals surface area contributed by atoms with Crippen molar-refractivity contribution >= 4 is 12.0 Å². The summed E-state index contributed by atoms with van der Waals surface area (Å²) in [5.74, 6) is 0.0155. The lowest BCUT2D eigenvalue weighted by molar-refractivity contribution is -0.143. The molecule has 0 radical (unpaired) electrons. The van der Waals surface area contributed by atoms with Gasteiger partial charge in [-0.3, -0.25) is 9.69 Å². The molecule has 0 bridgehead atoms. The summed E-state index contributed by atoms with van der Waals surface area (Å²) in [6.07, 6.45) is 2.27.